The standard InChI is InChI=1S/C24H22N4O2S/c1-3-20(29)27-19-14-7-6-12-18(19)21-22(30)25-24(31-2)26-28(21)23(27)17-13-8-10-15-9-4-5-11-16(15)17/h4-14,21,23H,3H2,1-2H3,(H,25,26,30)/t21-,23-/m0/s1. The van der Waals surface area contributed by atoms with E-state index in [1.807, 2.05) is 61.7 Å². The molecule has 5 rings (SSSR count). The van der Waals surface area contributed by atoms with Gasteiger partial charge in [0.1, 0.15) is 0 Å². The van der Waals surface area contributed by atoms with Crippen molar-refractivity contribution in [3.63, 3.8) is 0 Å². The molecule has 2 amide bonds. The Morgan fingerprint density at radius 1 is 1.03 bits per heavy atom. The molecule has 3 aromatic carbocycles. The van der Waals surface area contributed by atoms with Crippen molar-refractivity contribution < 1.29 is 9.59 Å². The van der Waals surface area contributed by atoms with Crippen molar-refractivity contribution in [2.24, 2.45) is 5.10 Å². The van der Waals surface area contributed by atoms with E-state index < -0.39 is 12.2 Å². The van der Waals surface area contributed by atoms with Gasteiger partial charge in [-0.3, -0.25) is 19.5 Å². The number of benzene rings is 3. The van der Waals surface area contributed by atoms with Gasteiger partial charge in [0.15, 0.2) is 17.4 Å². The lowest BCUT2D eigenvalue weighted by atomic mass is 9.93. The van der Waals surface area contributed by atoms with Crippen LogP contribution < -0.4 is 10.2 Å². The molecule has 0 bridgehead atoms. The molecule has 2 atom stereocenters. The molecule has 0 unspecified atom stereocenters. The summed E-state index contributed by atoms with van der Waals surface area (Å²) < 4.78 is 0. The average Bonchev–Trinajstić information content (AvgIpc) is 2.82. The molecule has 0 aliphatic carbocycles. The van der Waals surface area contributed by atoms with Gasteiger partial charge in [-0.25, -0.2) is 0 Å². The molecule has 7 heteroatoms. The van der Waals surface area contributed by atoms with E-state index in [1.54, 1.807) is 9.91 Å². The fourth-order valence-corrected chi connectivity index (χ4v) is 4.82. The molecule has 0 aromatic heterocycles. The maximum absolute atomic E-state index is 13.3. The SMILES string of the molecule is CCC(=O)N1c2ccccc2[C@H]2C(=O)NC(SC)=NN2[C@H]1c1cccc2ccccc12. The van der Waals surface area contributed by atoms with Crippen molar-refractivity contribution in [2.45, 2.75) is 25.6 Å². The van der Waals surface area contributed by atoms with Gasteiger partial charge in [-0.05, 0) is 23.1 Å². The van der Waals surface area contributed by atoms with E-state index in [9.17, 15) is 9.59 Å². The maximum atomic E-state index is 13.3. The van der Waals surface area contributed by atoms with E-state index in [0.717, 1.165) is 27.6 Å². The molecule has 0 saturated heterocycles. The Kier molecular flexibility index (Phi) is 4.90. The monoisotopic (exact) mass is 430 g/mol. The summed E-state index contributed by atoms with van der Waals surface area (Å²) in [5.74, 6) is -0.156. The molecule has 31 heavy (non-hydrogen) atoms. The second kappa shape index (κ2) is 7.74. The van der Waals surface area contributed by atoms with E-state index >= 15 is 0 Å². The van der Waals surface area contributed by atoms with Gasteiger partial charge in [0, 0.05) is 17.5 Å². The number of nitrogens with one attached hydrogen (secondary N) is 1. The van der Waals surface area contributed by atoms with Gasteiger partial charge in [0.2, 0.25) is 5.91 Å². The molecule has 2 aliphatic rings. The largest absolute Gasteiger partial charge is 0.302 e. The first-order valence-electron chi connectivity index (χ1n) is 10.2. The van der Waals surface area contributed by atoms with Crippen LogP contribution in [0.4, 0.5) is 5.69 Å². The summed E-state index contributed by atoms with van der Waals surface area (Å²) in [6.07, 6.45) is 1.69. The van der Waals surface area contributed by atoms with Gasteiger partial charge in [-0.2, -0.15) is 0 Å². The molecule has 3 aromatic rings. The lowest BCUT2D eigenvalue weighted by Gasteiger charge is -2.48. The second-order valence-electron chi connectivity index (χ2n) is 7.50. The number of hydrogen-bond acceptors (Lipinski definition) is 5. The summed E-state index contributed by atoms with van der Waals surface area (Å²) in [7, 11) is 0. The third kappa shape index (κ3) is 3.08. The molecule has 156 valence electrons. The number of hydrazone groups is 1. The summed E-state index contributed by atoms with van der Waals surface area (Å²) in [6.45, 7) is 1.86. The number of hydrogen-bond donors (Lipinski definition) is 1. The van der Waals surface area contributed by atoms with Crippen LogP contribution in [0.2, 0.25) is 0 Å². The number of amidine groups is 1. The first kappa shape index (κ1) is 19.6. The Bertz CT molecular complexity index is 1220. The van der Waals surface area contributed by atoms with Crippen molar-refractivity contribution in [1.29, 1.82) is 0 Å². The summed E-state index contributed by atoms with van der Waals surface area (Å²) in [6, 6.07) is 21.2. The van der Waals surface area contributed by atoms with Crippen molar-refractivity contribution in [2.75, 3.05) is 11.2 Å². The van der Waals surface area contributed by atoms with Gasteiger partial charge >= 0.3 is 0 Å². The Hall–Kier alpha value is -3.32. The van der Waals surface area contributed by atoms with Crippen LogP contribution in [0.25, 0.3) is 10.8 Å². The Labute approximate surface area is 184 Å². The highest BCUT2D eigenvalue weighted by Gasteiger charge is 2.47. The topological polar surface area (TPSA) is 65.0 Å². The summed E-state index contributed by atoms with van der Waals surface area (Å²) in [5, 5.41) is 12.1. The number of nitrogens with zero attached hydrogens (tertiary/aromatic N) is 3. The molecular formula is C24H22N4O2S. The number of carbonyl (C=O) groups is 2. The number of amides is 2. The smallest absolute Gasteiger partial charge is 0.255 e. The van der Waals surface area contributed by atoms with Crippen molar-refractivity contribution in [3.05, 3.63) is 77.9 Å². The minimum absolute atomic E-state index is 0.0179. The number of fused-ring (bicyclic) bond motifs is 4. The van der Waals surface area contributed by atoms with Gasteiger partial charge in [0.05, 0.1) is 5.69 Å². The zero-order valence-electron chi connectivity index (χ0n) is 17.3. The molecule has 0 fully saturated rings. The van der Waals surface area contributed by atoms with Crippen LogP contribution in [0.3, 0.4) is 0 Å². The minimum Gasteiger partial charge on any atom is -0.302 e. The molecule has 0 spiro atoms. The lowest BCUT2D eigenvalue weighted by molar-refractivity contribution is -0.130. The fourth-order valence-electron chi connectivity index (χ4n) is 4.44. The van der Waals surface area contributed by atoms with Gasteiger partial charge in [0.25, 0.3) is 5.91 Å². The maximum Gasteiger partial charge on any atom is 0.255 e. The number of anilines is 1. The van der Waals surface area contributed by atoms with Gasteiger partial charge in [-0.15, -0.1) is 5.10 Å². The molecular weight excluding hydrogens is 408 g/mol. The van der Waals surface area contributed by atoms with Crippen molar-refractivity contribution >= 4 is 45.2 Å². The second-order valence-corrected chi connectivity index (χ2v) is 8.29. The van der Waals surface area contributed by atoms with Crippen molar-refractivity contribution in [1.82, 2.24) is 10.3 Å². The highest BCUT2D eigenvalue weighted by molar-refractivity contribution is 8.13. The van der Waals surface area contributed by atoms with Crippen LogP contribution in [0, 0.1) is 0 Å². The Balaban J connectivity index is 1.83. The Morgan fingerprint density at radius 3 is 2.55 bits per heavy atom. The van der Waals surface area contributed by atoms with Crippen LogP contribution in [0.15, 0.2) is 71.8 Å². The van der Waals surface area contributed by atoms with E-state index in [4.69, 9.17) is 5.10 Å². The predicted molar refractivity (Wildman–Crippen MR) is 125 cm³/mol. The van der Waals surface area contributed by atoms with E-state index in [-0.39, 0.29) is 11.8 Å². The third-order valence-corrected chi connectivity index (χ3v) is 6.37. The van der Waals surface area contributed by atoms with Gasteiger partial charge < -0.3 is 5.32 Å². The van der Waals surface area contributed by atoms with Crippen LogP contribution in [-0.4, -0.2) is 28.2 Å². The van der Waals surface area contributed by atoms with Gasteiger partial charge in [-0.1, -0.05) is 79.3 Å². The molecule has 0 saturated carbocycles. The number of rotatable bonds is 2. The average molecular weight is 431 g/mol. The van der Waals surface area contributed by atoms with Crippen LogP contribution in [0.1, 0.15) is 36.7 Å². The number of para-hydroxylation sites is 1. The molecule has 0 radical (unpaired) electrons. The van der Waals surface area contributed by atoms with E-state index in [1.165, 1.54) is 11.8 Å². The quantitative estimate of drug-likeness (QED) is 0.654. The zero-order valence-corrected chi connectivity index (χ0v) is 18.1. The minimum atomic E-state index is -0.614. The van der Waals surface area contributed by atoms with Crippen LogP contribution in [-0.2, 0) is 9.59 Å². The molecule has 1 N–H and O–H groups in total. The fraction of sp³-hybridized carbons (Fsp3) is 0.208. The number of carbonyl (C=O) groups excluding carboxylic acids is 2. The lowest BCUT2D eigenvalue weighted by Crippen LogP contribution is -2.55. The molecule has 2 heterocycles. The molecule has 6 nitrogen and oxygen atoms in total. The van der Waals surface area contributed by atoms with Crippen molar-refractivity contribution in [3.8, 4) is 0 Å². The summed E-state index contributed by atoms with van der Waals surface area (Å²) >= 11 is 1.38. The third-order valence-electron chi connectivity index (χ3n) is 5.80. The Morgan fingerprint density at radius 2 is 1.74 bits per heavy atom. The van der Waals surface area contributed by atoms with E-state index in [0.29, 0.717) is 11.6 Å². The highest BCUT2D eigenvalue weighted by Crippen LogP contribution is 2.47. The zero-order chi connectivity index (χ0) is 21.5. The summed E-state index contributed by atoms with van der Waals surface area (Å²) in [4.78, 5) is 28.3. The van der Waals surface area contributed by atoms with Crippen LogP contribution >= 0.6 is 11.8 Å². The first-order valence-corrected chi connectivity index (χ1v) is 11.5. The highest BCUT2D eigenvalue weighted by atomic mass is 32.2. The number of thioether (sulfide) groups is 1. The predicted octanol–water partition coefficient (Wildman–Crippen LogP) is 4.40. The normalized spacial score (nSPS) is 20.1. The molecule has 2 aliphatic heterocycles. The van der Waals surface area contributed by atoms with E-state index in [2.05, 4.69) is 23.5 Å². The van der Waals surface area contributed by atoms with Crippen LogP contribution in [0.5, 0.6) is 0 Å². The summed E-state index contributed by atoms with van der Waals surface area (Å²) in [5.41, 5.74) is 2.48. The first-order chi connectivity index (χ1) is 15.1.